The Balaban J connectivity index is 2.31. The summed E-state index contributed by atoms with van der Waals surface area (Å²) in [5, 5.41) is 9.36. The third kappa shape index (κ3) is 1.47. The van der Waals surface area contributed by atoms with Crippen molar-refractivity contribution in [3.63, 3.8) is 0 Å². The number of hydrogen-bond acceptors (Lipinski definition) is 3. The number of rotatable bonds is 0. The fourth-order valence-electron chi connectivity index (χ4n) is 2.29. The van der Waals surface area contributed by atoms with E-state index in [0.717, 1.165) is 11.3 Å². The van der Waals surface area contributed by atoms with Crippen LogP contribution in [0.2, 0.25) is 0 Å². The molecule has 86 valence electrons. The van der Waals surface area contributed by atoms with Gasteiger partial charge in [-0.15, -0.1) is 0 Å². The maximum Gasteiger partial charge on any atom is 0.189 e. The van der Waals surface area contributed by atoms with Gasteiger partial charge in [-0.1, -0.05) is 30.3 Å². The fourth-order valence-corrected chi connectivity index (χ4v) is 2.29. The predicted octanol–water partition coefficient (Wildman–Crippen LogP) is 3.04. The van der Waals surface area contributed by atoms with Crippen LogP contribution in [0.4, 0.5) is 11.4 Å². The molecule has 0 aromatic heterocycles. The van der Waals surface area contributed by atoms with Gasteiger partial charge in [0.15, 0.2) is 12.0 Å². The normalized spacial score (nSPS) is 13.3. The van der Waals surface area contributed by atoms with Gasteiger partial charge in [-0.3, -0.25) is 4.79 Å². The van der Waals surface area contributed by atoms with E-state index in [9.17, 15) is 10.1 Å². The molecular weight excluding hydrogens is 224 g/mol. The molecule has 3 nitrogen and oxygen atoms in total. The highest BCUT2D eigenvalue weighted by Crippen LogP contribution is 2.34. The molecule has 0 aliphatic carbocycles. The lowest BCUT2D eigenvalue weighted by Gasteiger charge is -2.17. The molecule has 0 saturated heterocycles. The lowest BCUT2D eigenvalue weighted by molar-refractivity contribution is 0.0994. The fraction of sp³-hybridized carbons (Fsp3) is 0.0667. The van der Waals surface area contributed by atoms with Crippen LogP contribution in [0.15, 0.2) is 48.5 Å². The van der Waals surface area contributed by atoms with E-state index in [-0.39, 0.29) is 5.78 Å². The van der Waals surface area contributed by atoms with E-state index in [1.165, 1.54) is 4.90 Å². The first kappa shape index (κ1) is 10.5. The van der Waals surface area contributed by atoms with E-state index < -0.39 is 0 Å². The summed E-state index contributed by atoms with van der Waals surface area (Å²) in [7, 11) is 0. The summed E-state index contributed by atoms with van der Waals surface area (Å²) in [5.74, 6) is 0.0517. The van der Waals surface area contributed by atoms with Crippen LogP contribution in [0.3, 0.4) is 0 Å². The van der Waals surface area contributed by atoms with Crippen molar-refractivity contribution >= 4 is 17.2 Å². The van der Waals surface area contributed by atoms with Gasteiger partial charge in [0.2, 0.25) is 0 Å². The Labute approximate surface area is 105 Å². The van der Waals surface area contributed by atoms with Crippen LogP contribution < -0.4 is 4.90 Å². The molecule has 2 aromatic carbocycles. The summed E-state index contributed by atoms with van der Waals surface area (Å²) in [5.41, 5.74) is 2.95. The Kier molecular flexibility index (Phi) is 2.35. The number of nitrogens with zero attached hydrogens (tertiary/aromatic N) is 2. The maximum absolute atomic E-state index is 12.2. The number of nitriles is 1. The van der Waals surface area contributed by atoms with Gasteiger partial charge in [-0.05, 0) is 23.8 Å². The summed E-state index contributed by atoms with van der Waals surface area (Å²) < 4.78 is 0. The van der Waals surface area contributed by atoms with Crippen molar-refractivity contribution in [2.75, 3.05) is 4.90 Å². The topological polar surface area (TPSA) is 44.1 Å². The Morgan fingerprint density at radius 3 is 2.44 bits per heavy atom. The Hall–Kier alpha value is -2.60. The summed E-state index contributed by atoms with van der Waals surface area (Å²) >= 11 is 0. The van der Waals surface area contributed by atoms with Crippen molar-refractivity contribution in [1.82, 2.24) is 0 Å². The first-order valence-corrected chi connectivity index (χ1v) is 5.71. The number of anilines is 2. The van der Waals surface area contributed by atoms with Gasteiger partial charge in [0, 0.05) is 12.0 Å². The zero-order valence-electron chi connectivity index (χ0n) is 9.63. The highest BCUT2D eigenvalue weighted by atomic mass is 16.1. The van der Waals surface area contributed by atoms with Crippen molar-refractivity contribution in [3.8, 4) is 6.19 Å². The Bertz CT molecular complexity index is 670. The van der Waals surface area contributed by atoms with Gasteiger partial charge >= 0.3 is 0 Å². The molecule has 18 heavy (non-hydrogen) atoms. The van der Waals surface area contributed by atoms with Crippen molar-refractivity contribution in [1.29, 1.82) is 5.26 Å². The SMILES string of the molecule is N#CN1c2ccccc2CC(=O)c2ccccc21. The number of Topliss-reactive ketones (excluding diaryl/α,β-unsaturated/α-hetero) is 1. The minimum atomic E-state index is 0.0517. The molecule has 0 radical (unpaired) electrons. The van der Waals surface area contributed by atoms with Gasteiger partial charge in [-0.25, -0.2) is 4.90 Å². The number of hydrogen-bond donors (Lipinski definition) is 0. The highest BCUT2D eigenvalue weighted by molar-refractivity contribution is 6.06. The van der Waals surface area contributed by atoms with Crippen molar-refractivity contribution < 1.29 is 4.79 Å². The van der Waals surface area contributed by atoms with Crippen LogP contribution in [0.25, 0.3) is 0 Å². The van der Waals surface area contributed by atoms with Crippen LogP contribution >= 0.6 is 0 Å². The number of ketones is 1. The number of carbonyl (C=O) groups excluding carboxylic acids is 1. The number of fused-ring (bicyclic) bond motifs is 2. The van der Waals surface area contributed by atoms with Crippen LogP contribution in [0.5, 0.6) is 0 Å². The first-order valence-electron chi connectivity index (χ1n) is 5.71. The second-order valence-electron chi connectivity index (χ2n) is 4.18. The third-order valence-electron chi connectivity index (χ3n) is 3.13. The lowest BCUT2D eigenvalue weighted by Crippen LogP contribution is -2.10. The van der Waals surface area contributed by atoms with Crippen molar-refractivity contribution in [3.05, 3.63) is 59.7 Å². The molecule has 2 aromatic rings. The lowest BCUT2D eigenvalue weighted by atomic mass is 10.0. The average molecular weight is 234 g/mol. The molecule has 0 saturated carbocycles. The molecule has 1 heterocycles. The molecule has 0 unspecified atom stereocenters. The van der Waals surface area contributed by atoms with Crippen LogP contribution in [0.1, 0.15) is 15.9 Å². The Morgan fingerprint density at radius 2 is 1.67 bits per heavy atom. The van der Waals surface area contributed by atoms with Crippen LogP contribution in [-0.2, 0) is 6.42 Å². The zero-order valence-corrected chi connectivity index (χ0v) is 9.63. The standard InChI is InChI=1S/C15H10N2O/c16-10-17-13-7-3-1-5-11(13)9-15(18)12-6-2-4-8-14(12)17/h1-8H,9H2. The minimum absolute atomic E-state index is 0.0517. The Morgan fingerprint density at radius 1 is 1.00 bits per heavy atom. The van der Waals surface area contributed by atoms with Gasteiger partial charge in [0.1, 0.15) is 0 Å². The quantitative estimate of drug-likeness (QED) is 0.658. The third-order valence-corrected chi connectivity index (χ3v) is 3.13. The maximum atomic E-state index is 12.2. The number of para-hydroxylation sites is 2. The summed E-state index contributed by atoms with van der Waals surface area (Å²) in [6.45, 7) is 0. The molecule has 1 aliphatic heterocycles. The molecule has 0 atom stereocenters. The molecule has 3 rings (SSSR count). The average Bonchev–Trinajstić information content (AvgIpc) is 2.53. The van der Waals surface area contributed by atoms with Crippen LogP contribution in [0, 0.1) is 11.5 Å². The molecule has 0 spiro atoms. The monoisotopic (exact) mass is 234 g/mol. The molecule has 0 N–H and O–H groups in total. The second kappa shape index (κ2) is 4.01. The molecule has 0 bridgehead atoms. The molecule has 3 heteroatoms. The number of carbonyl (C=O) groups is 1. The van der Waals surface area contributed by atoms with Gasteiger partial charge in [0.25, 0.3) is 0 Å². The number of benzene rings is 2. The summed E-state index contributed by atoms with van der Waals surface area (Å²) in [6, 6.07) is 14.8. The molecule has 0 amide bonds. The van der Waals surface area contributed by atoms with E-state index in [4.69, 9.17) is 0 Å². The van der Waals surface area contributed by atoms with Gasteiger partial charge < -0.3 is 0 Å². The largest absolute Gasteiger partial charge is 0.294 e. The van der Waals surface area contributed by atoms with Gasteiger partial charge in [0.05, 0.1) is 11.4 Å². The van der Waals surface area contributed by atoms with Gasteiger partial charge in [-0.2, -0.15) is 5.26 Å². The van der Waals surface area contributed by atoms with E-state index in [1.54, 1.807) is 12.1 Å². The second-order valence-corrected chi connectivity index (χ2v) is 4.18. The smallest absolute Gasteiger partial charge is 0.189 e. The van der Waals surface area contributed by atoms with Crippen LogP contribution in [-0.4, -0.2) is 5.78 Å². The zero-order chi connectivity index (χ0) is 12.5. The minimum Gasteiger partial charge on any atom is -0.294 e. The summed E-state index contributed by atoms with van der Waals surface area (Å²) in [6.07, 6.45) is 2.50. The van der Waals surface area contributed by atoms with E-state index in [0.29, 0.717) is 17.7 Å². The van der Waals surface area contributed by atoms with E-state index in [2.05, 4.69) is 6.19 Å². The van der Waals surface area contributed by atoms with Crippen molar-refractivity contribution in [2.45, 2.75) is 6.42 Å². The van der Waals surface area contributed by atoms with Crippen molar-refractivity contribution in [2.24, 2.45) is 0 Å². The summed E-state index contributed by atoms with van der Waals surface area (Å²) in [4.78, 5) is 13.7. The highest BCUT2D eigenvalue weighted by Gasteiger charge is 2.24. The van der Waals surface area contributed by atoms with E-state index >= 15 is 0 Å². The molecule has 0 fully saturated rings. The molecular formula is C15H10N2O. The predicted molar refractivity (Wildman–Crippen MR) is 68.7 cm³/mol. The van der Waals surface area contributed by atoms with E-state index in [1.807, 2.05) is 36.4 Å². The molecule has 1 aliphatic rings. The first-order chi connectivity index (χ1) is 8.81.